The molecule has 1 saturated carbocycles. The van der Waals surface area contributed by atoms with Crippen LogP contribution in [0.15, 0.2) is 17.1 Å². The predicted molar refractivity (Wildman–Crippen MR) is 84.8 cm³/mol. The highest BCUT2D eigenvalue weighted by Gasteiger charge is 2.29. The normalized spacial score (nSPS) is 22.7. The third kappa shape index (κ3) is 3.67. The largest absolute Gasteiger partial charge is 0.369 e. The van der Waals surface area contributed by atoms with E-state index in [-0.39, 0.29) is 17.4 Å². The van der Waals surface area contributed by atoms with Gasteiger partial charge in [-0.15, -0.1) is 0 Å². The van der Waals surface area contributed by atoms with Gasteiger partial charge in [0.15, 0.2) is 0 Å². The number of nitrogens with zero attached hydrogens (tertiary/aromatic N) is 2. The molecular weight excluding hydrogens is 280 g/mol. The van der Waals surface area contributed by atoms with Gasteiger partial charge < -0.3 is 10.2 Å². The third-order valence-electron chi connectivity index (χ3n) is 4.86. The third-order valence-corrected chi connectivity index (χ3v) is 4.86. The molecule has 2 aliphatic rings. The van der Waals surface area contributed by atoms with Crippen molar-refractivity contribution in [2.24, 2.45) is 11.8 Å². The molecule has 1 aromatic heterocycles. The van der Waals surface area contributed by atoms with E-state index in [1.54, 1.807) is 6.20 Å². The molecule has 6 heteroatoms. The summed E-state index contributed by atoms with van der Waals surface area (Å²) in [6.07, 6.45) is 8.91. The molecule has 1 unspecified atom stereocenters. The summed E-state index contributed by atoms with van der Waals surface area (Å²) in [5, 5.41) is 9.32. The van der Waals surface area contributed by atoms with Crippen molar-refractivity contribution in [3.8, 4) is 0 Å². The van der Waals surface area contributed by atoms with Crippen LogP contribution in [0.1, 0.15) is 38.5 Å². The number of aromatic nitrogens is 2. The van der Waals surface area contributed by atoms with Gasteiger partial charge in [-0.2, -0.15) is 5.10 Å². The van der Waals surface area contributed by atoms with Crippen LogP contribution in [0.4, 0.5) is 5.69 Å². The number of anilines is 1. The highest BCUT2D eigenvalue weighted by Crippen LogP contribution is 2.24. The standard InChI is InChI=1S/C16H24N4O2/c21-15-8-14(10-18-19-15)20-7-6-13(11-20)16(22)17-9-12-4-2-1-3-5-12/h8,10,12-13H,1-7,9,11H2,(H,17,22)(H,19,21). The maximum atomic E-state index is 12.3. The fraction of sp³-hybridized carbons (Fsp3) is 0.688. The molecule has 2 N–H and O–H groups in total. The van der Waals surface area contributed by atoms with Crippen LogP contribution in [0.2, 0.25) is 0 Å². The Bertz CT molecular complexity index is 565. The van der Waals surface area contributed by atoms with Crippen molar-refractivity contribution in [3.63, 3.8) is 0 Å². The predicted octanol–water partition coefficient (Wildman–Crippen LogP) is 1.29. The molecule has 1 saturated heterocycles. The smallest absolute Gasteiger partial charge is 0.266 e. The Kier molecular flexibility index (Phi) is 4.75. The first kappa shape index (κ1) is 15.1. The van der Waals surface area contributed by atoms with Gasteiger partial charge in [0.2, 0.25) is 5.91 Å². The second kappa shape index (κ2) is 6.94. The van der Waals surface area contributed by atoms with Gasteiger partial charge in [-0.25, -0.2) is 5.10 Å². The summed E-state index contributed by atoms with van der Waals surface area (Å²) >= 11 is 0. The van der Waals surface area contributed by atoms with E-state index in [1.165, 1.54) is 38.2 Å². The topological polar surface area (TPSA) is 78.1 Å². The summed E-state index contributed by atoms with van der Waals surface area (Å²) in [4.78, 5) is 25.7. The number of hydrogen-bond donors (Lipinski definition) is 2. The number of carbonyl (C=O) groups is 1. The first-order valence-corrected chi connectivity index (χ1v) is 8.30. The molecule has 120 valence electrons. The van der Waals surface area contributed by atoms with Crippen molar-refractivity contribution >= 4 is 11.6 Å². The highest BCUT2D eigenvalue weighted by atomic mass is 16.2. The molecule has 0 spiro atoms. The van der Waals surface area contributed by atoms with E-state index in [0.29, 0.717) is 12.5 Å². The van der Waals surface area contributed by atoms with Crippen molar-refractivity contribution in [2.75, 3.05) is 24.5 Å². The molecule has 0 aromatic carbocycles. The van der Waals surface area contributed by atoms with Crippen LogP contribution in [-0.4, -0.2) is 35.7 Å². The van der Waals surface area contributed by atoms with E-state index in [9.17, 15) is 9.59 Å². The van der Waals surface area contributed by atoms with Crippen LogP contribution in [-0.2, 0) is 4.79 Å². The van der Waals surface area contributed by atoms with E-state index < -0.39 is 0 Å². The van der Waals surface area contributed by atoms with Gasteiger partial charge in [-0.3, -0.25) is 9.59 Å². The van der Waals surface area contributed by atoms with Crippen molar-refractivity contribution < 1.29 is 4.79 Å². The van der Waals surface area contributed by atoms with Gasteiger partial charge in [0.25, 0.3) is 5.56 Å². The minimum absolute atomic E-state index is 0.0166. The first-order chi connectivity index (χ1) is 10.7. The number of hydrogen-bond acceptors (Lipinski definition) is 4. The van der Waals surface area contributed by atoms with Crippen LogP contribution < -0.4 is 15.8 Å². The number of H-pyrrole nitrogens is 1. The minimum atomic E-state index is -0.206. The van der Waals surface area contributed by atoms with E-state index in [0.717, 1.165) is 25.2 Å². The molecule has 1 aromatic rings. The Balaban J connectivity index is 1.49. The molecule has 1 aliphatic heterocycles. The van der Waals surface area contributed by atoms with E-state index in [2.05, 4.69) is 20.4 Å². The monoisotopic (exact) mass is 304 g/mol. The molecule has 2 heterocycles. The lowest BCUT2D eigenvalue weighted by molar-refractivity contribution is -0.124. The first-order valence-electron chi connectivity index (χ1n) is 8.30. The van der Waals surface area contributed by atoms with Crippen LogP contribution in [0.3, 0.4) is 0 Å². The Morgan fingerprint density at radius 1 is 1.32 bits per heavy atom. The van der Waals surface area contributed by atoms with Gasteiger partial charge in [0.05, 0.1) is 17.8 Å². The number of nitrogens with one attached hydrogen (secondary N) is 2. The van der Waals surface area contributed by atoms with E-state index in [1.807, 2.05) is 0 Å². The van der Waals surface area contributed by atoms with Crippen molar-refractivity contribution in [1.82, 2.24) is 15.5 Å². The Morgan fingerprint density at radius 2 is 2.14 bits per heavy atom. The zero-order valence-corrected chi connectivity index (χ0v) is 12.9. The SMILES string of the molecule is O=C(NCC1CCCCC1)C1CCN(c2cn[nH]c(=O)c2)C1. The lowest BCUT2D eigenvalue weighted by atomic mass is 9.89. The summed E-state index contributed by atoms with van der Waals surface area (Å²) in [5.41, 5.74) is 0.592. The Morgan fingerprint density at radius 3 is 2.91 bits per heavy atom. The van der Waals surface area contributed by atoms with Crippen molar-refractivity contribution in [1.29, 1.82) is 0 Å². The highest BCUT2D eigenvalue weighted by molar-refractivity contribution is 5.80. The zero-order chi connectivity index (χ0) is 15.4. The van der Waals surface area contributed by atoms with Gasteiger partial charge in [-0.1, -0.05) is 19.3 Å². The quantitative estimate of drug-likeness (QED) is 0.878. The number of aromatic amines is 1. The summed E-state index contributed by atoms with van der Waals surface area (Å²) in [5.74, 6) is 0.834. The molecule has 0 bridgehead atoms. The Hall–Kier alpha value is -1.85. The fourth-order valence-electron chi connectivity index (χ4n) is 3.53. The minimum Gasteiger partial charge on any atom is -0.369 e. The second-order valence-corrected chi connectivity index (χ2v) is 6.48. The lowest BCUT2D eigenvalue weighted by Crippen LogP contribution is -2.36. The van der Waals surface area contributed by atoms with Gasteiger partial charge in [-0.05, 0) is 25.2 Å². The zero-order valence-electron chi connectivity index (χ0n) is 12.9. The van der Waals surface area contributed by atoms with Crippen LogP contribution in [0.5, 0.6) is 0 Å². The molecule has 1 amide bonds. The van der Waals surface area contributed by atoms with Gasteiger partial charge >= 0.3 is 0 Å². The van der Waals surface area contributed by atoms with Crippen LogP contribution in [0.25, 0.3) is 0 Å². The number of rotatable bonds is 4. The summed E-state index contributed by atoms with van der Waals surface area (Å²) in [7, 11) is 0. The Labute approximate surface area is 130 Å². The summed E-state index contributed by atoms with van der Waals surface area (Å²) in [6, 6.07) is 1.54. The molecule has 22 heavy (non-hydrogen) atoms. The van der Waals surface area contributed by atoms with Crippen molar-refractivity contribution in [3.05, 3.63) is 22.6 Å². The summed E-state index contributed by atoms with van der Waals surface area (Å²) < 4.78 is 0. The molecule has 6 nitrogen and oxygen atoms in total. The van der Waals surface area contributed by atoms with Crippen molar-refractivity contribution in [2.45, 2.75) is 38.5 Å². The molecule has 0 radical (unpaired) electrons. The van der Waals surface area contributed by atoms with Crippen LogP contribution >= 0.6 is 0 Å². The molecule has 1 aliphatic carbocycles. The molecule has 3 rings (SSSR count). The average molecular weight is 304 g/mol. The molecule has 1 atom stereocenters. The van der Waals surface area contributed by atoms with E-state index in [4.69, 9.17) is 0 Å². The number of amides is 1. The maximum absolute atomic E-state index is 12.3. The summed E-state index contributed by atoms with van der Waals surface area (Å²) in [6.45, 7) is 2.29. The lowest BCUT2D eigenvalue weighted by Gasteiger charge is -2.22. The van der Waals surface area contributed by atoms with Gasteiger partial charge in [0.1, 0.15) is 0 Å². The number of carbonyl (C=O) groups excluding carboxylic acids is 1. The molecular formula is C16H24N4O2. The fourth-order valence-corrected chi connectivity index (χ4v) is 3.53. The van der Waals surface area contributed by atoms with Crippen LogP contribution in [0, 0.1) is 11.8 Å². The maximum Gasteiger partial charge on any atom is 0.266 e. The molecule has 2 fully saturated rings. The average Bonchev–Trinajstić information content (AvgIpc) is 3.04. The van der Waals surface area contributed by atoms with E-state index >= 15 is 0 Å². The van der Waals surface area contributed by atoms with Gasteiger partial charge in [0, 0.05) is 25.7 Å². The second-order valence-electron chi connectivity index (χ2n) is 6.48.